The molecule has 3 aromatic heterocycles. The molecule has 140 valence electrons. The molecule has 0 saturated carbocycles. The van der Waals surface area contributed by atoms with Gasteiger partial charge in [-0.2, -0.15) is 5.10 Å². The van der Waals surface area contributed by atoms with Crippen LogP contribution in [0.2, 0.25) is 0 Å². The second-order valence-corrected chi connectivity index (χ2v) is 7.19. The van der Waals surface area contributed by atoms with Gasteiger partial charge in [-0.1, -0.05) is 6.07 Å². The van der Waals surface area contributed by atoms with Crippen molar-refractivity contribution in [3.63, 3.8) is 0 Å². The van der Waals surface area contributed by atoms with Gasteiger partial charge < -0.3 is 10.6 Å². The summed E-state index contributed by atoms with van der Waals surface area (Å²) in [6, 6.07) is 5.97. The zero-order valence-corrected chi connectivity index (χ0v) is 17.0. The molecule has 1 fully saturated rings. The molecule has 6 nitrogen and oxygen atoms in total. The molecule has 0 unspecified atom stereocenters. The van der Waals surface area contributed by atoms with Crippen LogP contribution in [0.1, 0.15) is 22.5 Å². The monoisotopic (exact) mass is 413 g/mol. The summed E-state index contributed by atoms with van der Waals surface area (Å²) in [5, 5.41) is 7.31. The summed E-state index contributed by atoms with van der Waals surface area (Å²) in [6.07, 6.45) is 0.851. The smallest absolute Gasteiger partial charge is 0.254 e. The summed E-state index contributed by atoms with van der Waals surface area (Å²) in [5.41, 5.74) is 9.02. The number of nitrogens with two attached hydrogens (primary N) is 1. The van der Waals surface area contributed by atoms with Crippen LogP contribution < -0.4 is 5.73 Å². The molecule has 0 radical (unpaired) electrons. The van der Waals surface area contributed by atoms with Crippen molar-refractivity contribution in [1.82, 2.24) is 19.7 Å². The number of halogens is 2. The summed E-state index contributed by atoms with van der Waals surface area (Å²) in [6.45, 7) is 3.23. The summed E-state index contributed by atoms with van der Waals surface area (Å²) in [4.78, 5) is 20.7. The van der Waals surface area contributed by atoms with Gasteiger partial charge in [-0.3, -0.25) is 9.48 Å². The summed E-state index contributed by atoms with van der Waals surface area (Å²) in [5.74, 6) is 0.0178. The minimum atomic E-state index is 0. The molecular weight excluding hydrogens is 393 g/mol. The molecular formula is C17H21Cl2N5OS. The minimum absolute atomic E-state index is 0. The van der Waals surface area contributed by atoms with Crippen LogP contribution in [0.4, 0.5) is 0 Å². The Morgan fingerprint density at radius 2 is 2.15 bits per heavy atom. The SMILES string of the molecule is Cc1nn(C)c2nc(-c3cccs3)cc(C(=O)N3CC[C@@H](N)C3)c12.Cl.Cl. The van der Waals surface area contributed by atoms with Gasteiger partial charge in [0.1, 0.15) is 0 Å². The highest BCUT2D eigenvalue weighted by atomic mass is 35.5. The van der Waals surface area contributed by atoms with E-state index in [-0.39, 0.29) is 36.8 Å². The summed E-state index contributed by atoms with van der Waals surface area (Å²) < 4.78 is 1.74. The third-order valence-corrected chi connectivity index (χ3v) is 5.38. The van der Waals surface area contributed by atoms with Gasteiger partial charge in [0, 0.05) is 26.2 Å². The van der Waals surface area contributed by atoms with Gasteiger partial charge in [0.25, 0.3) is 5.91 Å². The van der Waals surface area contributed by atoms with Crippen LogP contribution in [0, 0.1) is 6.92 Å². The molecule has 0 spiro atoms. The number of nitrogens with zero attached hydrogens (tertiary/aromatic N) is 4. The van der Waals surface area contributed by atoms with Crippen molar-refractivity contribution in [2.45, 2.75) is 19.4 Å². The number of rotatable bonds is 2. The topological polar surface area (TPSA) is 77.0 Å². The first-order valence-electron chi connectivity index (χ1n) is 7.97. The second-order valence-electron chi connectivity index (χ2n) is 6.24. The molecule has 4 rings (SSSR count). The third-order valence-electron chi connectivity index (χ3n) is 4.48. The number of thiophene rings is 1. The van der Waals surface area contributed by atoms with Crippen molar-refractivity contribution in [2.24, 2.45) is 12.8 Å². The lowest BCUT2D eigenvalue weighted by atomic mass is 10.1. The standard InChI is InChI=1S/C17H19N5OS.2ClH/c1-10-15-12(17(23)22-6-5-11(18)9-22)8-13(14-4-3-7-24-14)19-16(15)21(2)20-10;;/h3-4,7-8,11H,5-6,9,18H2,1-2H3;2*1H/t11-;;/m1../s1. The quantitative estimate of drug-likeness (QED) is 0.700. The van der Waals surface area contributed by atoms with E-state index in [1.807, 2.05) is 42.5 Å². The van der Waals surface area contributed by atoms with Gasteiger partial charge in [-0.25, -0.2) is 4.98 Å². The Morgan fingerprint density at radius 3 is 2.77 bits per heavy atom. The van der Waals surface area contributed by atoms with Crippen molar-refractivity contribution in [3.05, 3.63) is 34.8 Å². The van der Waals surface area contributed by atoms with E-state index in [1.165, 1.54) is 0 Å². The lowest BCUT2D eigenvalue weighted by molar-refractivity contribution is 0.0792. The fourth-order valence-electron chi connectivity index (χ4n) is 3.31. The zero-order valence-electron chi connectivity index (χ0n) is 14.5. The first-order valence-corrected chi connectivity index (χ1v) is 8.85. The van der Waals surface area contributed by atoms with E-state index in [4.69, 9.17) is 10.7 Å². The third kappa shape index (κ3) is 3.44. The summed E-state index contributed by atoms with van der Waals surface area (Å²) in [7, 11) is 1.86. The highest BCUT2D eigenvalue weighted by molar-refractivity contribution is 7.13. The fraction of sp³-hybridized carbons (Fsp3) is 0.353. The van der Waals surface area contributed by atoms with Crippen LogP contribution >= 0.6 is 36.2 Å². The number of amides is 1. The number of pyridine rings is 1. The van der Waals surface area contributed by atoms with E-state index in [0.29, 0.717) is 18.7 Å². The normalized spacial score (nSPS) is 16.4. The van der Waals surface area contributed by atoms with Crippen molar-refractivity contribution < 1.29 is 4.79 Å². The molecule has 26 heavy (non-hydrogen) atoms. The Bertz CT molecular complexity index is 925. The van der Waals surface area contributed by atoms with Crippen molar-refractivity contribution in [1.29, 1.82) is 0 Å². The molecule has 1 aliphatic heterocycles. The second kappa shape index (κ2) is 7.92. The summed E-state index contributed by atoms with van der Waals surface area (Å²) >= 11 is 1.61. The van der Waals surface area contributed by atoms with Crippen molar-refractivity contribution in [3.8, 4) is 10.6 Å². The van der Waals surface area contributed by atoms with Crippen LogP contribution in [-0.2, 0) is 7.05 Å². The number of aryl methyl sites for hydroxylation is 2. The molecule has 9 heteroatoms. The van der Waals surface area contributed by atoms with Gasteiger partial charge in [0.2, 0.25) is 0 Å². The van der Waals surface area contributed by atoms with Gasteiger partial charge in [0.15, 0.2) is 5.65 Å². The number of aromatic nitrogens is 3. The fourth-order valence-corrected chi connectivity index (χ4v) is 3.99. The Morgan fingerprint density at radius 1 is 1.38 bits per heavy atom. The van der Waals surface area contributed by atoms with E-state index in [0.717, 1.165) is 33.7 Å². The Kier molecular flexibility index (Phi) is 6.29. The molecule has 1 aliphatic rings. The Hall–Kier alpha value is -1.67. The number of hydrogen-bond donors (Lipinski definition) is 1. The van der Waals surface area contributed by atoms with Crippen molar-refractivity contribution in [2.75, 3.05) is 13.1 Å². The molecule has 1 atom stereocenters. The van der Waals surface area contributed by atoms with Gasteiger partial charge >= 0.3 is 0 Å². The lowest BCUT2D eigenvalue weighted by Crippen LogP contribution is -2.32. The number of carbonyl (C=O) groups is 1. The van der Waals surface area contributed by atoms with Crippen LogP contribution in [0.5, 0.6) is 0 Å². The maximum absolute atomic E-state index is 13.1. The van der Waals surface area contributed by atoms with Gasteiger partial charge in [0.05, 0.1) is 27.2 Å². The highest BCUT2D eigenvalue weighted by Crippen LogP contribution is 2.30. The average molecular weight is 414 g/mol. The molecule has 1 amide bonds. The molecule has 4 heterocycles. The lowest BCUT2D eigenvalue weighted by Gasteiger charge is -2.17. The largest absolute Gasteiger partial charge is 0.337 e. The Balaban J connectivity index is 0.00000121. The van der Waals surface area contributed by atoms with Gasteiger partial charge in [-0.15, -0.1) is 36.2 Å². The molecule has 0 aromatic carbocycles. The Labute approximate surface area is 168 Å². The van der Waals surface area contributed by atoms with E-state index in [2.05, 4.69) is 5.10 Å². The predicted molar refractivity (Wildman–Crippen MR) is 110 cm³/mol. The molecule has 0 aliphatic carbocycles. The van der Waals surface area contributed by atoms with Crippen molar-refractivity contribution >= 4 is 53.1 Å². The molecule has 1 saturated heterocycles. The average Bonchev–Trinajstić information content (AvgIpc) is 3.28. The van der Waals surface area contributed by atoms with E-state index in [9.17, 15) is 4.79 Å². The van der Waals surface area contributed by atoms with Crippen LogP contribution in [-0.4, -0.2) is 44.7 Å². The van der Waals surface area contributed by atoms with E-state index < -0.39 is 0 Å². The van der Waals surface area contributed by atoms with Gasteiger partial charge in [-0.05, 0) is 30.9 Å². The predicted octanol–water partition coefficient (Wildman–Crippen LogP) is 3.02. The molecule has 2 N–H and O–H groups in total. The molecule has 0 bridgehead atoms. The maximum atomic E-state index is 13.1. The molecule has 3 aromatic rings. The minimum Gasteiger partial charge on any atom is -0.337 e. The first kappa shape index (κ1) is 20.6. The van der Waals surface area contributed by atoms with Crippen LogP contribution in [0.15, 0.2) is 23.6 Å². The van der Waals surface area contributed by atoms with E-state index in [1.54, 1.807) is 16.0 Å². The van der Waals surface area contributed by atoms with Crippen LogP contribution in [0.3, 0.4) is 0 Å². The maximum Gasteiger partial charge on any atom is 0.254 e. The zero-order chi connectivity index (χ0) is 16.8. The number of fused-ring (bicyclic) bond motifs is 1. The first-order chi connectivity index (χ1) is 11.5. The number of carbonyl (C=O) groups excluding carboxylic acids is 1. The van der Waals surface area contributed by atoms with E-state index >= 15 is 0 Å². The number of likely N-dealkylation sites (tertiary alicyclic amines) is 1. The number of hydrogen-bond acceptors (Lipinski definition) is 5. The highest BCUT2D eigenvalue weighted by Gasteiger charge is 2.28. The van der Waals surface area contributed by atoms with Crippen LogP contribution in [0.25, 0.3) is 21.6 Å².